The minimum atomic E-state index is -0.864. The summed E-state index contributed by atoms with van der Waals surface area (Å²) < 4.78 is 0. The number of fused-ring (bicyclic) bond motifs is 1. The van der Waals surface area contributed by atoms with Crippen molar-refractivity contribution in [1.29, 1.82) is 0 Å². The molecule has 0 aromatic heterocycles. The number of carboxylic acid groups (broad SMARTS) is 1. The Balaban J connectivity index is 1.87. The van der Waals surface area contributed by atoms with Crippen LogP contribution >= 0.6 is 0 Å². The minimum Gasteiger partial charge on any atom is -0.465 e. The van der Waals surface area contributed by atoms with Crippen LogP contribution < -0.4 is 9.80 Å². The van der Waals surface area contributed by atoms with Gasteiger partial charge in [0.25, 0.3) is 0 Å². The quantitative estimate of drug-likeness (QED) is 0.848. The van der Waals surface area contributed by atoms with Crippen LogP contribution in [-0.4, -0.2) is 55.2 Å². The lowest BCUT2D eigenvalue weighted by molar-refractivity contribution is -0.118. The molecule has 2 amide bonds. The summed E-state index contributed by atoms with van der Waals surface area (Å²) in [4.78, 5) is 28.3. The molecule has 0 unspecified atom stereocenters. The molecule has 1 aromatic carbocycles. The van der Waals surface area contributed by atoms with Gasteiger partial charge in [-0.25, -0.2) is 4.79 Å². The molecule has 2 aliphatic heterocycles. The van der Waals surface area contributed by atoms with Crippen molar-refractivity contribution in [2.45, 2.75) is 12.8 Å². The van der Waals surface area contributed by atoms with Crippen molar-refractivity contribution in [1.82, 2.24) is 4.90 Å². The average molecular weight is 289 g/mol. The summed E-state index contributed by atoms with van der Waals surface area (Å²) in [7, 11) is 1.82. The molecule has 0 radical (unpaired) electrons. The van der Waals surface area contributed by atoms with Crippen molar-refractivity contribution in [3.63, 3.8) is 0 Å². The summed E-state index contributed by atoms with van der Waals surface area (Å²) in [5, 5.41) is 9.02. The number of para-hydroxylation sites is 1. The molecule has 112 valence electrons. The third-order valence-electron chi connectivity index (χ3n) is 4.31. The second-order valence-corrected chi connectivity index (χ2v) is 5.49. The summed E-state index contributed by atoms with van der Waals surface area (Å²) in [6.07, 6.45) is 0.471. The number of rotatable bonds is 1. The summed E-state index contributed by atoms with van der Waals surface area (Å²) in [6.45, 7) is 2.31. The van der Waals surface area contributed by atoms with Crippen LogP contribution in [0.3, 0.4) is 0 Å². The zero-order valence-electron chi connectivity index (χ0n) is 12.1. The lowest BCUT2D eigenvalue weighted by Crippen LogP contribution is -2.49. The lowest BCUT2D eigenvalue weighted by Gasteiger charge is -2.38. The molecule has 2 aliphatic rings. The monoisotopic (exact) mass is 289 g/mol. The fourth-order valence-corrected chi connectivity index (χ4v) is 3.09. The summed E-state index contributed by atoms with van der Waals surface area (Å²) in [6, 6.07) is 6.10. The van der Waals surface area contributed by atoms with Crippen molar-refractivity contribution in [2.75, 3.05) is 43.0 Å². The highest BCUT2D eigenvalue weighted by molar-refractivity contribution is 5.99. The largest absolute Gasteiger partial charge is 0.465 e. The van der Waals surface area contributed by atoms with Gasteiger partial charge in [0, 0.05) is 39.6 Å². The molecule has 1 N–H and O–H groups in total. The van der Waals surface area contributed by atoms with Crippen LogP contribution in [0.15, 0.2) is 18.2 Å². The highest BCUT2D eigenvalue weighted by Crippen LogP contribution is 2.36. The van der Waals surface area contributed by atoms with Crippen molar-refractivity contribution < 1.29 is 14.7 Å². The first kappa shape index (κ1) is 13.7. The van der Waals surface area contributed by atoms with E-state index in [4.69, 9.17) is 5.11 Å². The zero-order chi connectivity index (χ0) is 15.0. The van der Waals surface area contributed by atoms with E-state index in [1.54, 1.807) is 4.90 Å². The molecule has 1 fully saturated rings. The van der Waals surface area contributed by atoms with E-state index < -0.39 is 6.09 Å². The van der Waals surface area contributed by atoms with Crippen molar-refractivity contribution >= 4 is 23.4 Å². The van der Waals surface area contributed by atoms with E-state index in [-0.39, 0.29) is 5.91 Å². The Morgan fingerprint density at radius 1 is 1.14 bits per heavy atom. The number of hydrogen-bond donors (Lipinski definition) is 1. The predicted molar refractivity (Wildman–Crippen MR) is 80.0 cm³/mol. The molecule has 0 atom stereocenters. The van der Waals surface area contributed by atoms with E-state index in [0.29, 0.717) is 32.6 Å². The lowest BCUT2D eigenvalue weighted by atomic mass is 9.99. The fourth-order valence-electron chi connectivity index (χ4n) is 3.09. The van der Waals surface area contributed by atoms with Crippen molar-refractivity contribution in [2.24, 2.45) is 0 Å². The Labute approximate surface area is 123 Å². The Kier molecular flexibility index (Phi) is 3.45. The molecule has 6 nitrogen and oxygen atoms in total. The van der Waals surface area contributed by atoms with Crippen LogP contribution in [0.25, 0.3) is 0 Å². The Hall–Kier alpha value is -2.24. The Morgan fingerprint density at radius 3 is 2.52 bits per heavy atom. The molecule has 6 heteroatoms. The summed E-state index contributed by atoms with van der Waals surface area (Å²) in [5.41, 5.74) is 3.21. The van der Waals surface area contributed by atoms with Crippen LogP contribution in [0.4, 0.5) is 16.2 Å². The maximum Gasteiger partial charge on any atom is 0.407 e. The number of hydrogen-bond acceptors (Lipinski definition) is 3. The number of amides is 2. The topological polar surface area (TPSA) is 64.1 Å². The zero-order valence-corrected chi connectivity index (χ0v) is 12.1. The van der Waals surface area contributed by atoms with Gasteiger partial charge in [-0.05, 0) is 18.1 Å². The minimum absolute atomic E-state index is 0.138. The van der Waals surface area contributed by atoms with Gasteiger partial charge in [-0.3, -0.25) is 4.79 Å². The number of anilines is 2. The number of carbonyl (C=O) groups is 2. The first-order valence-electron chi connectivity index (χ1n) is 7.19. The number of carbonyl (C=O) groups excluding carboxylic acids is 1. The smallest absolute Gasteiger partial charge is 0.407 e. The van der Waals surface area contributed by atoms with E-state index in [0.717, 1.165) is 17.8 Å². The highest BCUT2D eigenvalue weighted by Gasteiger charge is 2.28. The van der Waals surface area contributed by atoms with Crippen LogP contribution in [0.1, 0.15) is 12.0 Å². The number of aryl methyl sites for hydroxylation is 1. The highest BCUT2D eigenvalue weighted by atomic mass is 16.4. The van der Waals surface area contributed by atoms with Gasteiger partial charge >= 0.3 is 6.09 Å². The number of benzene rings is 1. The fraction of sp³-hybridized carbons (Fsp3) is 0.467. The molecule has 0 aliphatic carbocycles. The number of piperazine rings is 1. The molecule has 21 heavy (non-hydrogen) atoms. The molecule has 0 spiro atoms. The third-order valence-corrected chi connectivity index (χ3v) is 4.31. The van der Waals surface area contributed by atoms with Gasteiger partial charge in [0.1, 0.15) is 0 Å². The second kappa shape index (κ2) is 5.27. The first-order chi connectivity index (χ1) is 10.1. The van der Waals surface area contributed by atoms with Gasteiger partial charge in [0.15, 0.2) is 0 Å². The van der Waals surface area contributed by atoms with E-state index in [2.05, 4.69) is 11.0 Å². The van der Waals surface area contributed by atoms with Crippen LogP contribution in [0, 0.1) is 0 Å². The van der Waals surface area contributed by atoms with Gasteiger partial charge in [0.2, 0.25) is 5.91 Å². The van der Waals surface area contributed by atoms with Crippen LogP contribution in [0.2, 0.25) is 0 Å². The molecule has 3 rings (SSSR count). The van der Waals surface area contributed by atoms with E-state index in [1.165, 1.54) is 10.5 Å². The predicted octanol–water partition coefficient (Wildman–Crippen LogP) is 1.40. The SMILES string of the molecule is CN1C(=O)CCc2cccc(N3CCN(C(=O)O)CC3)c21. The Bertz CT molecular complexity index is 580. The van der Waals surface area contributed by atoms with Gasteiger partial charge < -0.3 is 19.8 Å². The van der Waals surface area contributed by atoms with Crippen LogP contribution in [0.5, 0.6) is 0 Å². The molecule has 0 saturated carbocycles. The van der Waals surface area contributed by atoms with E-state index >= 15 is 0 Å². The number of nitrogens with zero attached hydrogens (tertiary/aromatic N) is 3. The average Bonchev–Trinajstić information content (AvgIpc) is 2.50. The van der Waals surface area contributed by atoms with Crippen molar-refractivity contribution in [3.05, 3.63) is 23.8 Å². The summed E-state index contributed by atoms with van der Waals surface area (Å²) in [5.74, 6) is 0.138. The van der Waals surface area contributed by atoms with E-state index in [9.17, 15) is 9.59 Å². The van der Waals surface area contributed by atoms with Crippen LogP contribution in [-0.2, 0) is 11.2 Å². The van der Waals surface area contributed by atoms with Gasteiger partial charge in [0.05, 0.1) is 11.4 Å². The summed E-state index contributed by atoms with van der Waals surface area (Å²) >= 11 is 0. The van der Waals surface area contributed by atoms with Gasteiger partial charge in [-0.2, -0.15) is 0 Å². The maximum atomic E-state index is 12.0. The standard InChI is InChI=1S/C15H19N3O3/c1-16-13(19)6-5-11-3-2-4-12(14(11)16)17-7-9-18(10-8-17)15(20)21/h2-4H,5-10H2,1H3,(H,20,21). The molecule has 1 saturated heterocycles. The molecular formula is C15H19N3O3. The molecule has 0 bridgehead atoms. The molecular weight excluding hydrogens is 270 g/mol. The first-order valence-corrected chi connectivity index (χ1v) is 7.19. The normalized spacial score (nSPS) is 18.7. The van der Waals surface area contributed by atoms with Gasteiger partial charge in [-0.15, -0.1) is 0 Å². The Morgan fingerprint density at radius 2 is 1.86 bits per heavy atom. The molecule has 2 heterocycles. The third kappa shape index (κ3) is 2.41. The molecule has 1 aromatic rings. The van der Waals surface area contributed by atoms with E-state index in [1.807, 2.05) is 19.2 Å². The van der Waals surface area contributed by atoms with Gasteiger partial charge in [-0.1, -0.05) is 12.1 Å². The maximum absolute atomic E-state index is 12.0. The van der Waals surface area contributed by atoms with Crippen molar-refractivity contribution in [3.8, 4) is 0 Å². The second-order valence-electron chi connectivity index (χ2n) is 5.49.